The third-order valence-electron chi connectivity index (χ3n) is 7.36. The fourth-order valence-corrected chi connectivity index (χ4v) is 5.17. The third-order valence-corrected chi connectivity index (χ3v) is 7.36. The predicted octanol–water partition coefficient (Wildman–Crippen LogP) is 9.93. The number of nitrogens with zero attached hydrogens (tertiary/aromatic N) is 1. The van der Waals surface area contributed by atoms with Gasteiger partial charge in [-0.2, -0.15) is 0 Å². The number of aryl methyl sites for hydroxylation is 1. The second-order valence-corrected chi connectivity index (χ2v) is 10.4. The van der Waals surface area contributed by atoms with Crippen LogP contribution >= 0.6 is 0 Å². The molecule has 1 aromatic heterocycles. The largest absolute Gasteiger partial charge is 0.257 e. The van der Waals surface area contributed by atoms with Gasteiger partial charge in [0.2, 0.25) is 0 Å². The van der Waals surface area contributed by atoms with E-state index in [4.69, 9.17) is 0 Å². The van der Waals surface area contributed by atoms with Crippen LogP contribution in [0.2, 0.25) is 0 Å². The Balaban J connectivity index is 2.06. The van der Waals surface area contributed by atoms with E-state index >= 15 is 0 Å². The van der Waals surface area contributed by atoms with Crippen LogP contribution in [0.3, 0.4) is 0 Å². The first-order valence-corrected chi connectivity index (χ1v) is 14.8. The number of nitrogens with one attached hydrogen (secondary N) is 1. The predicted molar refractivity (Wildman–Crippen MR) is 142 cm³/mol. The van der Waals surface area contributed by atoms with Gasteiger partial charge in [-0.25, -0.2) is 9.55 Å². The molecule has 2 nitrogen and oxygen atoms in total. The Morgan fingerprint density at radius 3 is 1.22 bits per heavy atom. The molecule has 0 unspecified atom stereocenters. The number of aromatic nitrogens is 2. The zero-order valence-corrected chi connectivity index (χ0v) is 22.4. The summed E-state index contributed by atoms with van der Waals surface area (Å²) in [7, 11) is 2.20. The van der Waals surface area contributed by atoms with E-state index in [1.54, 1.807) is 0 Å². The molecular formula is C30H59N2+. The number of hydrogen-bond acceptors (Lipinski definition) is 0. The summed E-state index contributed by atoms with van der Waals surface area (Å²) >= 11 is 0. The molecule has 0 fully saturated rings. The molecule has 0 saturated heterocycles. The maximum atomic E-state index is 3.54. The second-order valence-electron chi connectivity index (χ2n) is 10.4. The fourth-order valence-electron chi connectivity index (χ4n) is 5.17. The van der Waals surface area contributed by atoms with Crippen molar-refractivity contribution in [1.82, 2.24) is 4.98 Å². The van der Waals surface area contributed by atoms with Crippen LogP contribution in [0.5, 0.6) is 0 Å². The van der Waals surface area contributed by atoms with Crippen molar-refractivity contribution in [2.75, 3.05) is 0 Å². The number of aromatic amines is 1. The van der Waals surface area contributed by atoms with Gasteiger partial charge in [0.05, 0.1) is 13.0 Å². The second kappa shape index (κ2) is 22.0. The maximum absolute atomic E-state index is 3.54. The quantitative estimate of drug-likeness (QED) is 0.120. The van der Waals surface area contributed by atoms with Crippen molar-refractivity contribution in [2.45, 2.75) is 167 Å². The Morgan fingerprint density at radius 1 is 0.562 bits per heavy atom. The van der Waals surface area contributed by atoms with Gasteiger partial charge >= 0.3 is 0 Å². The molecule has 0 aliphatic rings. The topological polar surface area (TPSA) is 19.7 Å². The minimum Gasteiger partial charge on any atom is -0.247 e. The van der Waals surface area contributed by atoms with Crippen LogP contribution in [0.1, 0.15) is 173 Å². The Morgan fingerprint density at radius 2 is 0.906 bits per heavy atom. The monoisotopic (exact) mass is 447 g/mol. The van der Waals surface area contributed by atoms with Crippen LogP contribution in [0.4, 0.5) is 0 Å². The molecule has 1 heterocycles. The lowest BCUT2D eigenvalue weighted by atomic mass is 9.93. The zero-order valence-electron chi connectivity index (χ0n) is 22.4. The molecule has 32 heavy (non-hydrogen) atoms. The zero-order chi connectivity index (χ0) is 23.1. The van der Waals surface area contributed by atoms with Crippen LogP contribution in [0.25, 0.3) is 0 Å². The first-order valence-electron chi connectivity index (χ1n) is 14.8. The van der Waals surface area contributed by atoms with Gasteiger partial charge in [-0.1, -0.05) is 149 Å². The Hall–Kier alpha value is -0.790. The minimum atomic E-state index is 0.725. The standard InChI is InChI=1S/C30H58N2/c1-4-6-8-10-12-14-15-16-17-18-20-22-24-26-29(30-31-27-28-32(30)3)25-23-21-19-13-11-9-7-5-2/h27-29H,4-26H2,1-3H3/p+1/t29-/m0/s1. The first kappa shape index (κ1) is 29.2. The summed E-state index contributed by atoms with van der Waals surface area (Å²) in [6.45, 7) is 4.61. The molecule has 188 valence electrons. The average molecular weight is 448 g/mol. The van der Waals surface area contributed by atoms with E-state index < -0.39 is 0 Å². The normalized spacial score (nSPS) is 12.5. The molecule has 0 spiro atoms. The number of H-pyrrole nitrogens is 1. The first-order chi connectivity index (χ1) is 15.8. The van der Waals surface area contributed by atoms with E-state index in [0.29, 0.717) is 0 Å². The van der Waals surface area contributed by atoms with Crippen molar-refractivity contribution in [2.24, 2.45) is 7.05 Å². The molecule has 0 aliphatic heterocycles. The van der Waals surface area contributed by atoms with Gasteiger partial charge in [0.25, 0.3) is 5.82 Å². The molecule has 1 aromatic rings. The van der Waals surface area contributed by atoms with Gasteiger partial charge in [-0.05, 0) is 12.8 Å². The third kappa shape index (κ3) is 15.9. The lowest BCUT2D eigenvalue weighted by Gasteiger charge is -2.13. The summed E-state index contributed by atoms with van der Waals surface area (Å²) in [5.41, 5.74) is 0. The molecule has 0 bridgehead atoms. The van der Waals surface area contributed by atoms with E-state index in [9.17, 15) is 0 Å². The minimum absolute atomic E-state index is 0.725. The molecule has 0 aromatic carbocycles. The van der Waals surface area contributed by atoms with Crippen molar-refractivity contribution < 1.29 is 4.57 Å². The van der Waals surface area contributed by atoms with E-state index in [1.807, 2.05) is 0 Å². The summed E-state index contributed by atoms with van der Waals surface area (Å²) in [5.74, 6) is 2.18. The van der Waals surface area contributed by atoms with E-state index in [-0.39, 0.29) is 0 Å². The SMILES string of the molecule is CCCCCCCCCCCCCCC[C@H](CCCCCCCCCC)c1[nH]cc[n+]1C. The number of hydrogen-bond donors (Lipinski definition) is 1. The Kier molecular flexibility index (Phi) is 20.1. The highest BCUT2D eigenvalue weighted by molar-refractivity contribution is 4.89. The van der Waals surface area contributed by atoms with Crippen LogP contribution < -0.4 is 4.57 Å². The van der Waals surface area contributed by atoms with Gasteiger partial charge in [0, 0.05) is 0 Å². The highest BCUT2D eigenvalue weighted by atomic mass is 15.0. The number of rotatable bonds is 24. The average Bonchev–Trinajstić information content (AvgIpc) is 3.23. The van der Waals surface area contributed by atoms with Gasteiger partial charge < -0.3 is 0 Å². The Labute approximate surface area is 202 Å². The van der Waals surface area contributed by atoms with Crippen molar-refractivity contribution >= 4 is 0 Å². The van der Waals surface area contributed by atoms with Gasteiger partial charge in [0.15, 0.2) is 0 Å². The molecule has 2 heteroatoms. The summed E-state index contributed by atoms with van der Waals surface area (Å²) in [4.78, 5) is 3.54. The molecule has 0 saturated carbocycles. The molecule has 1 rings (SSSR count). The van der Waals surface area contributed by atoms with E-state index in [1.165, 1.54) is 154 Å². The Bertz CT molecular complexity index is 493. The summed E-state index contributed by atoms with van der Waals surface area (Å²) in [5, 5.41) is 0. The van der Waals surface area contributed by atoms with E-state index in [0.717, 1.165) is 5.92 Å². The van der Waals surface area contributed by atoms with Crippen LogP contribution in [0, 0.1) is 0 Å². The van der Waals surface area contributed by atoms with Crippen molar-refractivity contribution in [3.8, 4) is 0 Å². The maximum Gasteiger partial charge on any atom is 0.257 e. The fraction of sp³-hybridized carbons (Fsp3) is 0.900. The molecular weight excluding hydrogens is 388 g/mol. The van der Waals surface area contributed by atoms with Crippen molar-refractivity contribution in [1.29, 1.82) is 0 Å². The highest BCUT2D eigenvalue weighted by Gasteiger charge is 2.20. The van der Waals surface area contributed by atoms with Crippen LogP contribution in [-0.4, -0.2) is 4.98 Å². The molecule has 0 amide bonds. The summed E-state index contributed by atoms with van der Waals surface area (Å²) in [6, 6.07) is 0. The van der Waals surface area contributed by atoms with Gasteiger partial charge in [-0.3, -0.25) is 0 Å². The van der Waals surface area contributed by atoms with Gasteiger partial charge in [-0.15, -0.1) is 0 Å². The number of unbranched alkanes of at least 4 members (excludes halogenated alkanes) is 19. The smallest absolute Gasteiger partial charge is 0.247 e. The molecule has 0 aliphatic carbocycles. The van der Waals surface area contributed by atoms with E-state index in [2.05, 4.69) is 42.8 Å². The molecule has 1 atom stereocenters. The van der Waals surface area contributed by atoms with Gasteiger partial charge in [0.1, 0.15) is 12.4 Å². The number of imidazole rings is 1. The van der Waals surface area contributed by atoms with Crippen molar-refractivity contribution in [3.05, 3.63) is 18.2 Å². The van der Waals surface area contributed by atoms with Crippen LogP contribution in [0.15, 0.2) is 12.4 Å². The molecule has 1 N–H and O–H groups in total. The lowest BCUT2D eigenvalue weighted by molar-refractivity contribution is -0.679. The summed E-state index contributed by atoms with van der Waals surface area (Å²) in [6.07, 6.45) is 37.2. The molecule has 0 radical (unpaired) electrons. The highest BCUT2D eigenvalue weighted by Crippen LogP contribution is 2.26. The summed E-state index contributed by atoms with van der Waals surface area (Å²) < 4.78 is 2.32. The van der Waals surface area contributed by atoms with Crippen LogP contribution in [-0.2, 0) is 7.05 Å². The van der Waals surface area contributed by atoms with Crippen molar-refractivity contribution in [3.63, 3.8) is 0 Å². The lowest BCUT2D eigenvalue weighted by Crippen LogP contribution is -2.32.